The van der Waals surface area contributed by atoms with Gasteiger partial charge in [0, 0.05) is 27.7 Å². The average molecular weight is 713 g/mol. The second-order valence-electron chi connectivity index (χ2n) is 14.5. The van der Waals surface area contributed by atoms with Crippen molar-refractivity contribution < 1.29 is 0 Å². The van der Waals surface area contributed by atoms with E-state index in [1.165, 1.54) is 76.4 Å². The van der Waals surface area contributed by atoms with Crippen LogP contribution in [0.15, 0.2) is 218 Å². The molecule has 0 aliphatic rings. The monoisotopic (exact) mass is 712 g/mol. The quantitative estimate of drug-likeness (QED) is 0.156. The molecule has 0 atom stereocenters. The normalized spacial score (nSPS) is 11.6. The van der Waals surface area contributed by atoms with E-state index in [0.717, 1.165) is 22.7 Å². The van der Waals surface area contributed by atoms with Crippen LogP contribution >= 0.6 is 0 Å². The third-order valence-corrected chi connectivity index (χ3v) is 11.4. The molecular weight excluding hydrogens is 677 g/mol. The molecule has 0 unspecified atom stereocenters. The molecular formula is C54H36N2. The van der Waals surface area contributed by atoms with Crippen LogP contribution in [0.4, 0.5) is 17.1 Å². The average Bonchev–Trinajstić information content (AvgIpc) is 3.62. The fourth-order valence-electron chi connectivity index (χ4n) is 8.87. The highest BCUT2D eigenvalue weighted by atomic mass is 15.1. The van der Waals surface area contributed by atoms with Gasteiger partial charge in [0.1, 0.15) is 0 Å². The minimum absolute atomic E-state index is 1.09. The molecule has 0 amide bonds. The van der Waals surface area contributed by atoms with E-state index >= 15 is 0 Å². The molecule has 0 aliphatic carbocycles. The van der Waals surface area contributed by atoms with Gasteiger partial charge >= 0.3 is 0 Å². The Kier molecular flexibility index (Phi) is 7.53. The minimum atomic E-state index is 1.09. The van der Waals surface area contributed by atoms with Crippen molar-refractivity contribution in [3.8, 4) is 27.9 Å². The molecule has 0 aliphatic heterocycles. The lowest BCUT2D eigenvalue weighted by Crippen LogP contribution is -2.11. The van der Waals surface area contributed by atoms with E-state index in [0.29, 0.717) is 0 Å². The Morgan fingerprint density at radius 3 is 1.73 bits per heavy atom. The van der Waals surface area contributed by atoms with Crippen LogP contribution in [-0.4, -0.2) is 4.57 Å². The lowest BCUT2D eigenvalue weighted by molar-refractivity contribution is 1.18. The largest absolute Gasteiger partial charge is 0.309 e. The Morgan fingerprint density at radius 1 is 0.321 bits per heavy atom. The van der Waals surface area contributed by atoms with Gasteiger partial charge in [0.15, 0.2) is 0 Å². The fourth-order valence-corrected chi connectivity index (χ4v) is 8.87. The topological polar surface area (TPSA) is 8.17 Å². The molecule has 0 radical (unpaired) electrons. The van der Waals surface area contributed by atoms with Crippen LogP contribution in [-0.2, 0) is 0 Å². The molecule has 1 heterocycles. The van der Waals surface area contributed by atoms with Crippen molar-refractivity contribution in [3.63, 3.8) is 0 Å². The first-order valence-corrected chi connectivity index (χ1v) is 19.3. The summed E-state index contributed by atoms with van der Waals surface area (Å²) in [7, 11) is 0. The van der Waals surface area contributed by atoms with E-state index in [-0.39, 0.29) is 0 Å². The van der Waals surface area contributed by atoms with Crippen molar-refractivity contribution in [1.82, 2.24) is 4.57 Å². The van der Waals surface area contributed by atoms with Crippen LogP contribution in [0.25, 0.3) is 82.1 Å². The third-order valence-electron chi connectivity index (χ3n) is 11.4. The first-order valence-electron chi connectivity index (χ1n) is 19.3. The summed E-state index contributed by atoms with van der Waals surface area (Å²) in [5.74, 6) is 0. The highest BCUT2D eigenvalue weighted by Crippen LogP contribution is 2.47. The molecule has 2 heteroatoms. The Hall–Kier alpha value is -7.42. The Balaban J connectivity index is 1.16. The van der Waals surface area contributed by atoms with Gasteiger partial charge in [0.05, 0.1) is 22.4 Å². The molecule has 0 spiro atoms. The standard InChI is InChI=1S/C54H36N2/c1-3-16-37(17-4-1)43-22-11-13-26-50(43)56(53-29-15-28-52-54(53)47-25-12-14-27-51(47)55(52)40-19-5-2-6-20-40)41-33-30-39(31-34-41)48-36-49-42-21-8-7-18-38(42)32-35-46(49)44-23-9-10-24-45(44)48/h1-36H. The number of aromatic nitrogens is 1. The van der Waals surface area contributed by atoms with E-state index in [1.54, 1.807) is 0 Å². The smallest absolute Gasteiger partial charge is 0.0562 e. The zero-order valence-electron chi connectivity index (χ0n) is 30.7. The molecule has 0 bridgehead atoms. The van der Waals surface area contributed by atoms with Gasteiger partial charge in [-0.3, -0.25) is 0 Å². The SMILES string of the molecule is c1ccc(-c2ccccc2N(c2ccc(-c3cc4c5ccccc5ccc4c4ccccc34)cc2)c2cccc3c2c2ccccc2n3-c2ccccc2)cc1. The molecule has 2 nitrogen and oxygen atoms in total. The number of hydrogen-bond donors (Lipinski definition) is 0. The number of para-hydroxylation sites is 3. The zero-order chi connectivity index (χ0) is 37.0. The van der Waals surface area contributed by atoms with E-state index in [9.17, 15) is 0 Å². The van der Waals surface area contributed by atoms with Crippen LogP contribution in [0, 0.1) is 0 Å². The highest BCUT2D eigenvalue weighted by molar-refractivity contribution is 6.21. The van der Waals surface area contributed by atoms with Crippen LogP contribution in [0.3, 0.4) is 0 Å². The minimum Gasteiger partial charge on any atom is -0.309 e. The lowest BCUT2D eigenvalue weighted by atomic mass is 9.91. The fraction of sp³-hybridized carbons (Fsp3) is 0. The molecule has 11 aromatic rings. The van der Waals surface area contributed by atoms with Crippen molar-refractivity contribution >= 4 is 71.2 Å². The predicted molar refractivity (Wildman–Crippen MR) is 239 cm³/mol. The van der Waals surface area contributed by atoms with Crippen LogP contribution in [0.2, 0.25) is 0 Å². The number of hydrogen-bond acceptors (Lipinski definition) is 1. The van der Waals surface area contributed by atoms with Crippen LogP contribution in [0.5, 0.6) is 0 Å². The van der Waals surface area contributed by atoms with Crippen LogP contribution < -0.4 is 4.90 Å². The lowest BCUT2D eigenvalue weighted by Gasteiger charge is -2.29. The third kappa shape index (κ3) is 5.11. The summed E-state index contributed by atoms with van der Waals surface area (Å²) >= 11 is 0. The molecule has 0 saturated heterocycles. The van der Waals surface area contributed by atoms with E-state index < -0.39 is 0 Å². The Bertz CT molecular complexity index is 3230. The second-order valence-corrected chi connectivity index (χ2v) is 14.5. The second kappa shape index (κ2) is 13.2. The number of rotatable bonds is 6. The first-order chi connectivity index (χ1) is 27.8. The summed E-state index contributed by atoms with van der Waals surface area (Å²) in [6, 6.07) is 79.5. The summed E-state index contributed by atoms with van der Waals surface area (Å²) in [5, 5.41) is 10.1. The summed E-state index contributed by atoms with van der Waals surface area (Å²) in [5.41, 5.74) is 11.6. The van der Waals surface area contributed by atoms with E-state index in [2.05, 4.69) is 228 Å². The van der Waals surface area contributed by atoms with Crippen molar-refractivity contribution in [3.05, 3.63) is 218 Å². The maximum atomic E-state index is 2.46. The molecule has 11 rings (SSSR count). The number of benzene rings is 10. The number of nitrogens with zero attached hydrogens (tertiary/aromatic N) is 2. The van der Waals surface area contributed by atoms with Gasteiger partial charge in [0.2, 0.25) is 0 Å². The molecule has 262 valence electrons. The van der Waals surface area contributed by atoms with Crippen molar-refractivity contribution in [1.29, 1.82) is 0 Å². The molecule has 0 fully saturated rings. The Labute approximate surface area is 325 Å². The van der Waals surface area contributed by atoms with Gasteiger partial charge in [-0.15, -0.1) is 0 Å². The van der Waals surface area contributed by atoms with Crippen molar-refractivity contribution in [2.45, 2.75) is 0 Å². The number of fused-ring (bicyclic) bond motifs is 8. The van der Waals surface area contributed by atoms with Gasteiger partial charge in [-0.2, -0.15) is 0 Å². The van der Waals surface area contributed by atoms with Gasteiger partial charge in [-0.25, -0.2) is 0 Å². The molecule has 56 heavy (non-hydrogen) atoms. The summed E-state index contributed by atoms with van der Waals surface area (Å²) in [6.07, 6.45) is 0. The summed E-state index contributed by atoms with van der Waals surface area (Å²) in [4.78, 5) is 2.46. The maximum Gasteiger partial charge on any atom is 0.0562 e. The van der Waals surface area contributed by atoms with E-state index in [1.807, 2.05) is 0 Å². The highest BCUT2D eigenvalue weighted by Gasteiger charge is 2.23. The van der Waals surface area contributed by atoms with Gasteiger partial charge in [-0.1, -0.05) is 164 Å². The molecule has 0 N–H and O–H groups in total. The molecule has 0 saturated carbocycles. The van der Waals surface area contributed by atoms with Crippen molar-refractivity contribution in [2.75, 3.05) is 4.90 Å². The summed E-state index contributed by atoms with van der Waals surface area (Å²) < 4.78 is 2.40. The summed E-state index contributed by atoms with van der Waals surface area (Å²) in [6.45, 7) is 0. The van der Waals surface area contributed by atoms with Gasteiger partial charge in [0.25, 0.3) is 0 Å². The first kappa shape index (κ1) is 32.0. The predicted octanol–water partition coefficient (Wildman–Crippen LogP) is 15.0. The van der Waals surface area contributed by atoms with Crippen LogP contribution in [0.1, 0.15) is 0 Å². The van der Waals surface area contributed by atoms with Gasteiger partial charge in [-0.05, 0) is 104 Å². The molecule has 1 aromatic heterocycles. The zero-order valence-corrected chi connectivity index (χ0v) is 30.7. The molecule has 10 aromatic carbocycles. The number of anilines is 3. The van der Waals surface area contributed by atoms with Gasteiger partial charge < -0.3 is 9.47 Å². The Morgan fingerprint density at radius 2 is 0.911 bits per heavy atom. The van der Waals surface area contributed by atoms with Crippen molar-refractivity contribution in [2.24, 2.45) is 0 Å². The van der Waals surface area contributed by atoms with E-state index in [4.69, 9.17) is 0 Å². The maximum absolute atomic E-state index is 2.46.